The summed E-state index contributed by atoms with van der Waals surface area (Å²) in [4.78, 5) is 22.6. The molecule has 0 aliphatic rings. The molecule has 0 aliphatic heterocycles. The predicted molar refractivity (Wildman–Crippen MR) is 77.5 cm³/mol. The van der Waals surface area contributed by atoms with Gasteiger partial charge in [-0.3, -0.25) is 10.1 Å². The largest absolute Gasteiger partial charge is 0.441 e. The van der Waals surface area contributed by atoms with Crippen molar-refractivity contribution < 1.29 is 9.21 Å². The van der Waals surface area contributed by atoms with E-state index in [2.05, 4.69) is 20.3 Å². The molecule has 0 spiro atoms. The number of oxazole rings is 1. The van der Waals surface area contributed by atoms with E-state index in [4.69, 9.17) is 4.42 Å². The summed E-state index contributed by atoms with van der Waals surface area (Å²) in [6.45, 7) is 0. The summed E-state index contributed by atoms with van der Waals surface area (Å²) in [5.41, 5.74) is 0.969. The van der Waals surface area contributed by atoms with Crippen molar-refractivity contribution in [1.29, 1.82) is 0 Å². The van der Waals surface area contributed by atoms with E-state index in [1.54, 1.807) is 18.6 Å². The van der Waals surface area contributed by atoms with Crippen molar-refractivity contribution in [3.8, 4) is 11.3 Å². The maximum atomic E-state index is 11.7. The Labute approximate surface area is 121 Å². The molecule has 0 unspecified atom stereocenters. The molecule has 0 saturated carbocycles. The molecule has 0 fully saturated rings. The number of aryl methyl sites for hydroxylation is 1. The summed E-state index contributed by atoms with van der Waals surface area (Å²) in [5.74, 6) is 1.56. The topological polar surface area (TPSA) is 83.8 Å². The zero-order valence-electron chi connectivity index (χ0n) is 11.2. The van der Waals surface area contributed by atoms with Crippen LogP contribution in [-0.2, 0) is 11.2 Å². The van der Waals surface area contributed by atoms with Gasteiger partial charge in [-0.05, 0) is 0 Å². The lowest BCUT2D eigenvalue weighted by molar-refractivity contribution is -0.116. The first-order chi connectivity index (χ1) is 10.3. The van der Waals surface area contributed by atoms with Gasteiger partial charge < -0.3 is 9.40 Å². The Morgan fingerprint density at radius 1 is 1.24 bits per heavy atom. The molecule has 2 aromatic heterocycles. The molecule has 6 nitrogen and oxygen atoms in total. The highest BCUT2D eigenvalue weighted by atomic mass is 16.4. The Morgan fingerprint density at radius 3 is 2.86 bits per heavy atom. The summed E-state index contributed by atoms with van der Waals surface area (Å²) < 4.78 is 5.64. The van der Waals surface area contributed by atoms with E-state index in [0.29, 0.717) is 24.0 Å². The smallest absolute Gasteiger partial charge is 0.227 e. The summed E-state index contributed by atoms with van der Waals surface area (Å²) >= 11 is 0. The molecule has 106 valence electrons. The van der Waals surface area contributed by atoms with Crippen LogP contribution in [0.15, 0.2) is 53.3 Å². The minimum atomic E-state index is -0.135. The van der Waals surface area contributed by atoms with Crippen LogP contribution in [0.25, 0.3) is 11.3 Å². The minimum absolute atomic E-state index is 0.135. The normalized spacial score (nSPS) is 10.5. The van der Waals surface area contributed by atoms with Gasteiger partial charge in [0.15, 0.2) is 11.7 Å². The quantitative estimate of drug-likeness (QED) is 0.753. The molecule has 0 saturated heterocycles. The third-order valence-corrected chi connectivity index (χ3v) is 2.93. The van der Waals surface area contributed by atoms with Gasteiger partial charge in [0.1, 0.15) is 0 Å². The standard InChI is InChI=1S/C15H14N4O2/c20-13(19-15-16-8-9-17-15)6-7-14-18-10-12(21-14)11-4-2-1-3-5-11/h1-5,8-10H,6-7H2,(H2,16,17,19,20). The van der Waals surface area contributed by atoms with Crippen LogP contribution in [-0.4, -0.2) is 20.9 Å². The van der Waals surface area contributed by atoms with E-state index in [1.165, 1.54) is 0 Å². The van der Waals surface area contributed by atoms with Crippen molar-refractivity contribution in [2.45, 2.75) is 12.8 Å². The lowest BCUT2D eigenvalue weighted by atomic mass is 10.2. The Kier molecular flexibility index (Phi) is 3.77. The minimum Gasteiger partial charge on any atom is -0.441 e. The number of imidazole rings is 1. The number of rotatable bonds is 5. The molecule has 6 heteroatoms. The number of nitrogens with one attached hydrogen (secondary N) is 2. The fraction of sp³-hybridized carbons (Fsp3) is 0.133. The van der Waals surface area contributed by atoms with Crippen LogP contribution in [0.1, 0.15) is 12.3 Å². The Morgan fingerprint density at radius 2 is 2.10 bits per heavy atom. The Balaban J connectivity index is 1.56. The molecule has 2 heterocycles. The highest BCUT2D eigenvalue weighted by Crippen LogP contribution is 2.20. The lowest BCUT2D eigenvalue weighted by Gasteiger charge is -1.99. The second kappa shape index (κ2) is 6.04. The molecule has 3 aromatic rings. The number of anilines is 1. The van der Waals surface area contributed by atoms with Crippen LogP contribution < -0.4 is 5.32 Å². The predicted octanol–water partition coefficient (Wildman–Crippen LogP) is 2.64. The van der Waals surface area contributed by atoms with Crippen molar-refractivity contribution in [2.75, 3.05) is 5.32 Å². The maximum Gasteiger partial charge on any atom is 0.227 e. The van der Waals surface area contributed by atoms with E-state index >= 15 is 0 Å². The second-order valence-corrected chi connectivity index (χ2v) is 4.47. The second-order valence-electron chi connectivity index (χ2n) is 4.47. The molecule has 0 bridgehead atoms. The zero-order valence-corrected chi connectivity index (χ0v) is 11.2. The summed E-state index contributed by atoms with van der Waals surface area (Å²) in [6.07, 6.45) is 5.63. The van der Waals surface area contributed by atoms with Gasteiger partial charge in [0.25, 0.3) is 0 Å². The van der Waals surface area contributed by atoms with Gasteiger partial charge in [0.2, 0.25) is 11.9 Å². The SMILES string of the molecule is O=C(CCc1ncc(-c2ccccc2)o1)Nc1ncc[nH]1. The number of benzene rings is 1. The van der Waals surface area contributed by atoms with Gasteiger partial charge in [-0.1, -0.05) is 30.3 Å². The zero-order chi connectivity index (χ0) is 14.5. The van der Waals surface area contributed by atoms with Crippen LogP contribution in [0, 0.1) is 0 Å². The van der Waals surface area contributed by atoms with Crippen LogP contribution in [0.2, 0.25) is 0 Å². The molecule has 21 heavy (non-hydrogen) atoms. The number of hydrogen-bond donors (Lipinski definition) is 2. The first-order valence-corrected chi connectivity index (χ1v) is 6.60. The molecule has 3 rings (SSSR count). The number of amides is 1. The van der Waals surface area contributed by atoms with E-state index in [9.17, 15) is 4.79 Å². The van der Waals surface area contributed by atoms with E-state index in [0.717, 1.165) is 5.56 Å². The van der Waals surface area contributed by atoms with Crippen LogP contribution in [0.3, 0.4) is 0 Å². The van der Waals surface area contributed by atoms with E-state index < -0.39 is 0 Å². The van der Waals surface area contributed by atoms with Crippen LogP contribution >= 0.6 is 0 Å². The molecule has 2 N–H and O–H groups in total. The molecular formula is C15H14N4O2. The molecule has 0 atom stereocenters. The number of carbonyl (C=O) groups excluding carboxylic acids is 1. The average molecular weight is 282 g/mol. The van der Waals surface area contributed by atoms with Gasteiger partial charge in [-0.15, -0.1) is 0 Å². The molecular weight excluding hydrogens is 268 g/mol. The number of H-pyrrole nitrogens is 1. The number of hydrogen-bond acceptors (Lipinski definition) is 4. The van der Waals surface area contributed by atoms with Crippen molar-refractivity contribution in [2.24, 2.45) is 0 Å². The summed E-state index contributed by atoms with van der Waals surface area (Å²) in [6, 6.07) is 9.73. The number of aromatic nitrogens is 3. The van der Waals surface area contributed by atoms with Gasteiger partial charge >= 0.3 is 0 Å². The summed E-state index contributed by atoms with van der Waals surface area (Å²) in [7, 11) is 0. The van der Waals surface area contributed by atoms with Crippen molar-refractivity contribution in [1.82, 2.24) is 15.0 Å². The van der Waals surface area contributed by atoms with Crippen molar-refractivity contribution >= 4 is 11.9 Å². The fourth-order valence-corrected chi connectivity index (χ4v) is 1.91. The molecule has 0 radical (unpaired) electrons. The molecule has 1 amide bonds. The Hall–Kier alpha value is -2.89. The van der Waals surface area contributed by atoms with E-state index in [-0.39, 0.29) is 12.3 Å². The average Bonchev–Trinajstić information content (AvgIpc) is 3.17. The third-order valence-electron chi connectivity index (χ3n) is 2.93. The monoisotopic (exact) mass is 282 g/mol. The maximum absolute atomic E-state index is 11.7. The highest BCUT2D eigenvalue weighted by molar-refractivity contribution is 5.88. The van der Waals surface area contributed by atoms with E-state index in [1.807, 2.05) is 30.3 Å². The molecule has 1 aromatic carbocycles. The van der Waals surface area contributed by atoms with Crippen molar-refractivity contribution in [3.05, 3.63) is 54.8 Å². The lowest BCUT2D eigenvalue weighted by Crippen LogP contribution is -2.13. The van der Waals surface area contributed by atoms with Crippen LogP contribution in [0.5, 0.6) is 0 Å². The van der Waals surface area contributed by atoms with Gasteiger partial charge in [0, 0.05) is 30.8 Å². The number of aromatic amines is 1. The number of carbonyl (C=O) groups is 1. The van der Waals surface area contributed by atoms with Crippen LogP contribution in [0.4, 0.5) is 5.95 Å². The Bertz CT molecular complexity index is 704. The summed E-state index contributed by atoms with van der Waals surface area (Å²) in [5, 5.41) is 2.66. The molecule has 0 aliphatic carbocycles. The van der Waals surface area contributed by atoms with Gasteiger partial charge in [-0.2, -0.15) is 0 Å². The van der Waals surface area contributed by atoms with Crippen molar-refractivity contribution in [3.63, 3.8) is 0 Å². The first-order valence-electron chi connectivity index (χ1n) is 6.60. The van der Waals surface area contributed by atoms with Gasteiger partial charge in [-0.25, -0.2) is 9.97 Å². The highest BCUT2D eigenvalue weighted by Gasteiger charge is 2.09. The van der Waals surface area contributed by atoms with Gasteiger partial charge in [0.05, 0.1) is 6.20 Å². The fourth-order valence-electron chi connectivity index (χ4n) is 1.91. The first kappa shape index (κ1) is 13.1. The number of nitrogens with zero attached hydrogens (tertiary/aromatic N) is 2. The third kappa shape index (κ3) is 3.36.